The molecular formula is C19H20ClN5O2S. The Kier molecular flexibility index (Phi) is 4.99. The van der Waals surface area contributed by atoms with Crippen LogP contribution in [0, 0.1) is 0 Å². The Morgan fingerprint density at radius 3 is 2.64 bits per heavy atom. The van der Waals surface area contributed by atoms with Crippen LogP contribution >= 0.6 is 22.9 Å². The fourth-order valence-electron chi connectivity index (χ4n) is 3.50. The summed E-state index contributed by atoms with van der Waals surface area (Å²) in [6, 6.07) is 4.75. The zero-order valence-electron chi connectivity index (χ0n) is 15.3. The smallest absolute Gasteiger partial charge is 0.256 e. The number of thiazole rings is 1. The molecule has 1 unspecified atom stereocenters. The lowest BCUT2D eigenvalue weighted by Gasteiger charge is -2.34. The molecule has 0 radical (unpaired) electrons. The molecule has 1 fully saturated rings. The van der Waals surface area contributed by atoms with E-state index in [2.05, 4.69) is 9.88 Å². The van der Waals surface area contributed by atoms with E-state index < -0.39 is 11.9 Å². The highest BCUT2D eigenvalue weighted by Crippen LogP contribution is 2.29. The van der Waals surface area contributed by atoms with Gasteiger partial charge in [0.1, 0.15) is 6.04 Å². The quantitative estimate of drug-likeness (QED) is 0.707. The highest BCUT2D eigenvalue weighted by Gasteiger charge is 2.27. The number of nitrogens with zero attached hydrogens (tertiary/aromatic N) is 4. The van der Waals surface area contributed by atoms with E-state index in [9.17, 15) is 9.59 Å². The van der Waals surface area contributed by atoms with Crippen LogP contribution in [0.25, 0.3) is 10.9 Å². The Balaban J connectivity index is 1.62. The summed E-state index contributed by atoms with van der Waals surface area (Å²) in [7, 11) is 0. The number of aromatic nitrogens is 2. The summed E-state index contributed by atoms with van der Waals surface area (Å²) in [5.74, 6) is -0.519. The van der Waals surface area contributed by atoms with E-state index in [1.807, 2.05) is 16.3 Å². The first-order chi connectivity index (χ1) is 13.5. The molecule has 0 spiro atoms. The highest BCUT2D eigenvalue weighted by atomic mass is 35.5. The van der Waals surface area contributed by atoms with Crippen molar-refractivity contribution in [1.82, 2.24) is 14.5 Å². The number of primary amides is 1. The van der Waals surface area contributed by atoms with Gasteiger partial charge in [-0.1, -0.05) is 17.7 Å². The number of rotatable bonds is 4. The zero-order chi connectivity index (χ0) is 19.8. The van der Waals surface area contributed by atoms with Gasteiger partial charge in [0.05, 0.1) is 11.1 Å². The molecule has 3 aromatic rings. The number of anilines is 1. The van der Waals surface area contributed by atoms with Crippen molar-refractivity contribution in [3.05, 3.63) is 46.6 Å². The fourth-order valence-corrected chi connectivity index (χ4v) is 4.36. The van der Waals surface area contributed by atoms with Gasteiger partial charge in [-0.2, -0.15) is 0 Å². The molecule has 4 rings (SSSR count). The molecular weight excluding hydrogens is 398 g/mol. The second kappa shape index (κ2) is 7.44. The molecule has 2 aromatic heterocycles. The first kappa shape index (κ1) is 18.8. The van der Waals surface area contributed by atoms with E-state index in [1.165, 1.54) is 0 Å². The Morgan fingerprint density at radius 1 is 1.25 bits per heavy atom. The van der Waals surface area contributed by atoms with E-state index in [4.69, 9.17) is 17.3 Å². The van der Waals surface area contributed by atoms with Crippen molar-refractivity contribution >= 4 is 50.8 Å². The molecule has 9 heteroatoms. The first-order valence-electron chi connectivity index (χ1n) is 8.99. The van der Waals surface area contributed by atoms with E-state index in [1.54, 1.807) is 47.4 Å². The Labute approximate surface area is 171 Å². The van der Waals surface area contributed by atoms with Gasteiger partial charge in [-0.3, -0.25) is 9.59 Å². The van der Waals surface area contributed by atoms with Crippen molar-refractivity contribution in [3.63, 3.8) is 0 Å². The summed E-state index contributed by atoms with van der Waals surface area (Å²) in [4.78, 5) is 33.3. The standard InChI is InChI=1S/C19H20ClN5O2S/c1-12(17(21)26)25-11-15(14-3-2-13(20)10-16(14)25)18(27)23-5-7-24(8-6-23)19-22-4-9-28-19/h2-4,9-12H,5-8H2,1H3,(H2,21,26). The third-order valence-corrected chi connectivity index (χ3v) is 6.18. The number of piperazine rings is 1. The third-order valence-electron chi connectivity index (χ3n) is 5.11. The molecule has 1 saturated heterocycles. The Hall–Kier alpha value is -2.58. The number of hydrogen-bond acceptors (Lipinski definition) is 5. The maximum Gasteiger partial charge on any atom is 0.256 e. The van der Waals surface area contributed by atoms with Crippen molar-refractivity contribution in [3.8, 4) is 0 Å². The summed E-state index contributed by atoms with van der Waals surface area (Å²) in [6.45, 7) is 4.42. The summed E-state index contributed by atoms with van der Waals surface area (Å²) >= 11 is 7.74. The second-order valence-corrected chi connectivity index (χ2v) is 8.09. The minimum atomic E-state index is -0.579. The van der Waals surface area contributed by atoms with Gasteiger partial charge in [-0.15, -0.1) is 11.3 Å². The zero-order valence-corrected chi connectivity index (χ0v) is 16.9. The van der Waals surface area contributed by atoms with Crippen LogP contribution in [0.3, 0.4) is 0 Å². The highest BCUT2D eigenvalue weighted by molar-refractivity contribution is 7.13. The number of carbonyl (C=O) groups excluding carboxylic acids is 2. The normalized spacial score (nSPS) is 15.8. The number of amides is 2. The molecule has 2 N–H and O–H groups in total. The largest absolute Gasteiger partial charge is 0.368 e. The molecule has 2 amide bonds. The van der Waals surface area contributed by atoms with Crippen molar-refractivity contribution in [2.24, 2.45) is 5.73 Å². The maximum absolute atomic E-state index is 13.2. The monoisotopic (exact) mass is 417 g/mol. The Morgan fingerprint density at radius 2 is 2.00 bits per heavy atom. The van der Waals surface area contributed by atoms with Crippen LogP contribution in [-0.2, 0) is 4.79 Å². The van der Waals surface area contributed by atoms with Crippen molar-refractivity contribution in [2.45, 2.75) is 13.0 Å². The lowest BCUT2D eigenvalue weighted by molar-refractivity contribution is -0.120. The van der Waals surface area contributed by atoms with Gasteiger partial charge in [0.25, 0.3) is 5.91 Å². The fraction of sp³-hybridized carbons (Fsp3) is 0.316. The minimum Gasteiger partial charge on any atom is -0.368 e. The number of carbonyl (C=O) groups is 2. The molecule has 3 heterocycles. The van der Waals surface area contributed by atoms with Gasteiger partial charge in [-0.25, -0.2) is 4.98 Å². The molecule has 1 aliphatic heterocycles. The van der Waals surface area contributed by atoms with Gasteiger partial charge in [0.15, 0.2) is 5.13 Å². The van der Waals surface area contributed by atoms with Crippen LogP contribution in [0.15, 0.2) is 36.0 Å². The summed E-state index contributed by atoms with van der Waals surface area (Å²) < 4.78 is 1.72. The average Bonchev–Trinajstić information content (AvgIpc) is 3.35. The lowest BCUT2D eigenvalue weighted by atomic mass is 10.1. The predicted octanol–water partition coefficient (Wildman–Crippen LogP) is 2.76. The number of benzene rings is 1. The summed E-state index contributed by atoms with van der Waals surface area (Å²) in [5.41, 5.74) is 6.77. The van der Waals surface area contributed by atoms with E-state index >= 15 is 0 Å². The third kappa shape index (κ3) is 3.33. The number of halogens is 1. The van der Waals surface area contributed by atoms with Gasteiger partial charge in [0.2, 0.25) is 5.91 Å². The van der Waals surface area contributed by atoms with Crippen molar-refractivity contribution < 1.29 is 9.59 Å². The van der Waals surface area contributed by atoms with Gasteiger partial charge in [-0.05, 0) is 19.1 Å². The van der Waals surface area contributed by atoms with Crippen LogP contribution in [0.1, 0.15) is 23.3 Å². The van der Waals surface area contributed by atoms with Crippen molar-refractivity contribution in [2.75, 3.05) is 31.1 Å². The van der Waals surface area contributed by atoms with Gasteiger partial charge >= 0.3 is 0 Å². The molecule has 1 atom stereocenters. The van der Waals surface area contributed by atoms with Crippen LogP contribution in [0.2, 0.25) is 5.02 Å². The number of fused-ring (bicyclic) bond motifs is 1. The van der Waals surface area contributed by atoms with Gasteiger partial charge in [0, 0.05) is 54.4 Å². The van der Waals surface area contributed by atoms with Crippen LogP contribution < -0.4 is 10.6 Å². The molecule has 0 saturated carbocycles. The predicted molar refractivity (Wildman–Crippen MR) is 111 cm³/mol. The van der Waals surface area contributed by atoms with E-state index in [-0.39, 0.29) is 5.91 Å². The molecule has 7 nitrogen and oxygen atoms in total. The molecule has 1 aromatic carbocycles. The number of hydrogen-bond donors (Lipinski definition) is 1. The second-order valence-electron chi connectivity index (χ2n) is 6.78. The maximum atomic E-state index is 13.2. The number of nitrogens with two attached hydrogens (primary N) is 1. The van der Waals surface area contributed by atoms with Crippen LogP contribution in [-0.4, -0.2) is 52.4 Å². The van der Waals surface area contributed by atoms with Crippen LogP contribution in [0.4, 0.5) is 5.13 Å². The first-order valence-corrected chi connectivity index (χ1v) is 10.2. The minimum absolute atomic E-state index is 0.0541. The molecule has 146 valence electrons. The van der Waals surface area contributed by atoms with Crippen molar-refractivity contribution in [1.29, 1.82) is 0 Å². The van der Waals surface area contributed by atoms with E-state index in [0.29, 0.717) is 23.7 Å². The van der Waals surface area contributed by atoms with Crippen LogP contribution in [0.5, 0.6) is 0 Å². The topological polar surface area (TPSA) is 84.5 Å². The molecule has 0 bridgehead atoms. The SMILES string of the molecule is CC(C(N)=O)n1cc(C(=O)N2CCN(c3nccs3)CC2)c2ccc(Cl)cc21. The molecule has 28 heavy (non-hydrogen) atoms. The molecule has 0 aliphatic carbocycles. The summed E-state index contributed by atoms with van der Waals surface area (Å²) in [5, 5.41) is 4.24. The Bertz CT molecular complexity index is 1020. The van der Waals surface area contributed by atoms with Gasteiger partial charge < -0.3 is 20.1 Å². The van der Waals surface area contributed by atoms with E-state index in [0.717, 1.165) is 29.1 Å². The average molecular weight is 418 g/mol. The lowest BCUT2D eigenvalue weighted by Crippen LogP contribution is -2.48. The molecule has 1 aliphatic rings. The summed E-state index contributed by atoms with van der Waals surface area (Å²) in [6.07, 6.45) is 3.50.